The molecule has 0 aromatic heterocycles. The van der Waals surface area contributed by atoms with E-state index in [0.717, 1.165) is 5.56 Å². The summed E-state index contributed by atoms with van der Waals surface area (Å²) < 4.78 is 37.6. The molecular weight excluding hydrogens is 368 g/mol. The number of carbonyl (C=O) groups is 1. The summed E-state index contributed by atoms with van der Waals surface area (Å²) in [5.74, 6) is 1.15. The van der Waals surface area contributed by atoms with Crippen LogP contribution in [0.1, 0.15) is 22.2 Å². The Morgan fingerprint density at radius 2 is 1.43 bits per heavy atom. The summed E-state index contributed by atoms with van der Waals surface area (Å²) in [6.45, 7) is 1.07. The molecule has 1 heterocycles. The Hall–Kier alpha value is -2.97. The Morgan fingerprint density at radius 1 is 0.821 bits per heavy atom. The molecule has 150 valence electrons. The average Bonchev–Trinajstić information content (AvgIpc) is 3.27. The molecule has 0 radical (unpaired) electrons. The Balaban J connectivity index is 1.86. The molecule has 0 N–H and O–H groups in total. The molecule has 0 bridgehead atoms. The highest BCUT2D eigenvalue weighted by Crippen LogP contribution is 2.39. The van der Waals surface area contributed by atoms with Gasteiger partial charge in [0, 0.05) is 5.56 Å². The summed E-state index contributed by atoms with van der Waals surface area (Å²) in [5, 5.41) is 0. The second kappa shape index (κ2) is 8.81. The first kappa shape index (κ1) is 19.8. The minimum Gasteiger partial charge on any atom is -0.493 e. The highest BCUT2D eigenvalue weighted by Gasteiger charge is 2.22. The predicted molar refractivity (Wildman–Crippen MR) is 98.7 cm³/mol. The summed E-state index contributed by atoms with van der Waals surface area (Å²) >= 11 is 0. The lowest BCUT2D eigenvalue weighted by molar-refractivity contribution is -0.0442. The van der Waals surface area contributed by atoms with E-state index in [4.69, 9.17) is 33.2 Å². The smallest absolute Gasteiger partial charge is 0.343 e. The fraction of sp³-hybridized carbons (Fsp3) is 0.350. The number of benzene rings is 2. The minimum atomic E-state index is -0.598. The first-order chi connectivity index (χ1) is 13.6. The van der Waals surface area contributed by atoms with Crippen LogP contribution in [-0.2, 0) is 9.47 Å². The van der Waals surface area contributed by atoms with E-state index in [-0.39, 0.29) is 11.3 Å². The molecule has 0 amide bonds. The zero-order valence-corrected chi connectivity index (χ0v) is 16.1. The Morgan fingerprint density at radius 3 is 1.96 bits per heavy atom. The minimum absolute atomic E-state index is 0.239. The molecule has 3 rings (SSSR count). The molecule has 0 spiro atoms. The summed E-state index contributed by atoms with van der Waals surface area (Å²) in [5.41, 5.74) is 1.02. The van der Waals surface area contributed by atoms with Crippen LogP contribution in [0.2, 0.25) is 0 Å². The zero-order valence-electron chi connectivity index (χ0n) is 16.1. The van der Waals surface area contributed by atoms with Gasteiger partial charge >= 0.3 is 5.97 Å². The van der Waals surface area contributed by atoms with Crippen molar-refractivity contribution in [2.45, 2.75) is 6.29 Å². The fourth-order valence-corrected chi connectivity index (χ4v) is 2.82. The standard InChI is InChI=1S/C20H22O8/c1-22-15-9-12(20-26-7-8-27-20)5-6-14(15)28-19(21)13-10-16(23-2)18(25-4)17(11-13)24-3/h5-6,9-11,20H,7-8H2,1-4H3. The summed E-state index contributed by atoms with van der Waals surface area (Å²) in [4.78, 5) is 12.7. The lowest BCUT2D eigenvalue weighted by atomic mass is 10.1. The number of hydrogen-bond acceptors (Lipinski definition) is 8. The van der Waals surface area contributed by atoms with Gasteiger partial charge < -0.3 is 33.2 Å². The molecule has 2 aromatic rings. The van der Waals surface area contributed by atoms with Gasteiger partial charge in [-0.1, -0.05) is 0 Å². The number of rotatable bonds is 7. The number of hydrogen-bond donors (Lipinski definition) is 0. The van der Waals surface area contributed by atoms with E-state index in [0.29, 0.717) is 36.2 Å². The Bertz CT molecular complexity index is 817. The van der Waals surface area contributed by atoms with E-state index in [9.17, 15) is 4.79 Å². The van der Waals surface area contributed by atoms with Crippen LogP contribution in [0.5, 0.6) is 28.7 Å². The van der Waals surface area contributed by atoms with Crippen molar-refractivity contribution in [3.05, 3.63) is 41.5 Å². The molecule has 1 aliphatic rings. The van der Waals surface area contributed by atoms with Crippen LogP contribution in [0.4, 0.5) is 0 Å². The predicted octanol–water partition coefficient (Wildman–Crippen LogP) is 2.99. The third-order valence-corrected chi connectivity index (χ3v) is 4.18. The highest BCUT2D eigenvalue weighted by atomic mass is 16.7. The number of ether oxygens (including phenoxy) is 7. The first-order valence-electron chi connectivity index (χ1n) is 8.54. The van der Waals surface area contributed by atoms with Crippen LogP contribution in [0.3, 0.4) is 0 Å². The van der Waals surface area contributed by atoms with Crippen LogP contribution in [0.25, 0.3) is 0 Å². The molecule has 1 aliphatic heterocycles. The molecule has 0 aliphatic carbocycles. The van der Waals surface area contributed by atoms with Gasteiger partial charge in [0.1, 0.15) is 0 Å². The molecule has 2 aromatic carbocycles. The monoisotopic (exact) mass is 390 g/mol. The third-order valence-electron chi connectivity index (χ3n) is 4.18. The first-order valence-corrected chi connectivity index (χ1v) is 8.54. The van der Waals surface area contributed by atoms with Crippen LogP contribution >= 0.6 is 0 Å². The summed E-state index contributed by atoms with van der Waals surface area (Å²) in [6.07, 6.45) is -0.450. The molecule has 28 heavy (non-hydrogen) atoms. The van der Waals surface area contributed by atoms with Crippen molar-refractivity contribution in [2.75, 3.05) is 41.7 Å². The van der Waals surface area contributed by atoms with Crippen molar-refractivity contribution in [3.8, 4) is 28.7 Å². The third kappa shape index (κ3) is 3.97. The van der Waals surface area contributed by atoms with E-state index >= 15 is 0 Å². The van der Waals surface area contributed by atoms with Crippen molar-refractivity contribution in [1.29, 1.82) is 0 Å². The van der Waals surface area contributed by atoms with Gasteiger partial charge in [0.15, 0.2) is 29.3 Å². The maximum Gasteiger partial charge on any atom is 0.343 e. The van der Waals surface area contributed by atoms with Gasteiger partial charge in [0.25, 0.3) is 0 Å². The number of methoxy groups -OCH3 is 4. The lowest BCUT2D eigenvalue weighted by Gasteiger charge is -2.15. The van der Waals surface area contributed by atoms with Gasteiger partial charge in [-0.2, -0.15) is 0 Å². The van der Waals surface area contributed by atoms with Gasteiger partial charge in [-0.05, 0) is 30.3 Å². The van der Waals surface area contributed by atoms with Crippen LogP contribution in [-0.4, -0.2) is 47.6 Å². The quantitative estimate of drug-likeness (QED) is 0.527. The van der Waals surface area contributed by atoms with Crippen molar-refractivity contribution >= 4 is 5.97 Å². The van der Waals surface area contributed by atoms with E-state index < -0.39 is 12.3 Å². The molecule has 0 atom stereocenters. The van der Waals surface area contributed by atoms with E-state index in [1.54, 1.807) is 18.2 Å². The van der Waals surface area contributed by atoms with E-state index in [2.05, 4.69) is 0 Å². The van der Waals surface area contributed by atoms with Crippen molar-refractivity contribution in [3.63, 3.8) is 0 Å². The molecule has 1 fully saturated rings. The van der Waals surface area contributed by atoms with Crippen LogP contribution in [0, 0.1) is 0 Å². The van der Waals surface area contributed by atoms with Crippen molar-refractivity contribution in [1.82, 2.24) is 0 Å². The number of carbonyl (C=O) groups excluding carboxylic acids is 1. The molecule has 8 nitrogen and oxygen atoms in total. The molecule has 8 heteroatoms. The zero-order chi connectivity index (χ0) is 20.1. The number of esters is 1. The lowest BCUT2D eigenvalue weighted by Crippen LogP contribution is -2.11. The van der Waals surface area contributed by atoms with Crippen molar-refractivity contribution < 1.29 is 38.0 Å². The largest absolute Gasteiger partial charge is 0.493 e. The van der Waals surface area contributed by atoms with Gasteiger partial charge in [0.2, 0.25) is 5.75 Å². The Labute approximate surface area is 162 Å². The van der Waals surface area contributed by atoms with Crippen molar-refractivity contribution in [2.24, 2.45) is 0 Å². The fourth-order valence-electron chi connectivity index (χ4n) is 2.82. The van der Waals surface area contributed by atoms with E-state index in [1.807, 2.05) is 0 Å². The average molecular weight is 390 g/mol. The van der Waals surface area contributed by atoms with Crippen LogP contribution < -0.4 is 23.7 Å². The van der Waals surface area contributed by atoms with Gasteiger partial charge in [-0.25, -0.2) is 4.79 Å². The maximum absolute atomic E-state index is 12.7. The summed E-state index contributed by atoms with van der Waals surface area (Å²) in [6, 6.07) is 8.15. The molecule has 0 unspecified atom stereocenters. The second-order valence-corrected chi connectivity index (χ2v) is 5.79. The molecule has 1 saturated heterocycles. The molecular formula is C20H22O8. The van der Waals surface area contributed by atoms with E-state index in [1.165, 1.54) is 40.6 Å². The second-order valence-electron chi connectivity index (χ2n) is 5.79. The normalized spacial score (nSPS) is 13.9. The topological polar surface area (TPSA) is 81.7 Å². The summed E-state index contributed by atoms with van der Waals surface area (Å²) in [7, 11) is 5.93. The van der Waals surface area contributed by atoms with Gasteiger partial charge in [0.05, 0.1) is 47.2 Å². The highest BCUT2D eigenvalue weighted by molar-refractivity contribution is 5.93. The SMILES string of the molecule is COc1cc(C2OCCO2)ccc1OC(=O)c1cc(OC)c(OC)c(OC)c1. The molecule has 0 saturated carbocycles. The van der Waals surface area contributed by atoms with Gasteiger partial charge in [-0.15, -0.1) is 0 Å². The Kier molecular flexibility index (Phi) is 6.23. The van der Waals surface area contributed by atoms with Gasteiger partial charge in [-0.3, -0.25) is 0 Å². The maximum atomic E-state index is 12.7. The van der Waals surface area contributed by atoms with Crippen LogP contribution in [0.15, 0.2) is 30.3 Å².